The van der Waals surface area contributed by atoms with Crippen LogP contribution in [0.4, 0.5) is 0 Å². The van der Waals surface area contributed by atoms with Crippen molar-refractivity contribution in [1.82, 2.24) is 0 Å². The Labute approximate surface area is 53.1 Å². The van der Waals surface area contributed by atoms with Gasteiger partial charge in [0.25, 0.3) is 0 Å². The van der Waals surface area contributed by atoms with Crippen molar-refractivity contribution in [2.45, 2.75) is 6.92 Å². The van der Waals surface area contributed by atoms with Gasteiger partial charge in [-0.25, -0.2) is 0 Å². The number of nitrogens with zero attached hydrogens (tertiary/aromatic N) is 2. The molecule has 0 spiro atoms. The number of nitrogens with two attached hydrogens (primary N) is 1. The minimum absolute atomic E-state index is 0.489. The van der Waals surface area contributed by atoms with Gasteiger partial charge in [-0.1, -0.05) is 11.8 Å². The third-order valence-corrected chi connectivity index (χ3v) is 0.981. The summed E-state index contributed by atoms with van der Waals surface area (Å²) in [4.78, 5) is 0. The van der Waals surface area contributed by atoms with Crippen molar-refractivity contribution in [3.8, 4) is 0 Å². The van der Waals surface area contributed by atoms with Crippen LogP contribution in [0.5, 0.6) is 0 Å². The van der Waals surface area contributed by atoms with E-state index in [1.165, 1.54) is 11.8 Å². The fraction of sp³-hybridized carbons (Fsp3) is 0.500. The second kappa shape index (κ2) is 4.64. The molecule has 0 aliphatic rings. The van der Waals surface area contributed by atoms with Gasteiger partial charge in [0.1, 0.15) is 0 Å². The van der Waals surface area contributed by atoms with Gasteiger partial charge in [-0.05, 0) is 13.2 Å². The first-order valence-electron chi connectivity index (χ1n) is 2.16. The van der Waals surface area contributed by atoms with Crippen LogP contribution in [0.25, 0.3) is 0 Å². The van der Waals surface area contributed by atoms with Gasteiger partial charge in [0.15, 0.2) is 5.17 Å². The van der Waals surface area contributed by atoms with Gasteiger partial charge < -0.3 is 5.73 Å². The fourth-order valence-electron chi connectivity index (χ4n) is 0.155. The van der Waals surface area contributed by atoms with Crippen LogP contribution in [-0.2, 0) is 0 Å². The Morgan fingerprint density at radius 2 is 2.38 bits per heavy atom. The average Bonchev–Trinajstić information content (AvgIpc) is 1.83. The number of rotatable bonds is 1. The molecule has 0 atom stereocenters. The summed E-state index contributed by atoms with van der Waals surface area (Å²) in [5.41, 5.74) is 5.26. The summed E-state index contributed by atoms with van der Waals surface area (Å²) in [5, 5.41) is 7.64. The zero-order valence-electron chi connectivity index (χ0n) is 4.96. The van der Waals surface area contributed by atoms with Gasteiger partial charge in [0.05, 0.1) is 0 Å². The van der Waals surface area contributed by atoms with E-state index >= 15 is 0 Å². The summed E-state index contributed by atoms with van der Waals surface area (Å²) in [7, 11) is 0. The number of amidine groups is 1. The molecule has 8 heavy (non-hydrogen) atoms. The monoisotopic (exact) mass is 131 g/mol. The molecule has 3 nitrogen and oxygen atoms in total. The molecular formula is C4H9N3S. The van der Waals surface area contributed by atoms with Crippen molar-refractivity contribution >= 4 is 23.1 Å². The van der Waals surface area contributed by atoms with E-state index in [1.807, 2.05) is 6.26 Å². The minimum atomic E-state index is 0.489. The molecule has 0 aromatic rings. The van der Waals surface area contributed by atoms with E-state index in [0.717, 1.165) is 0 Å². The van der Waals surface area contributed by atoms with E-state index in [4.69, 9.17) is 5.73 Å². The lowest BCUT2D eigenvalue weighted by molar-refractivity contribution is 1.25. The smallest absolute Gasteiger partial charge is 0.180 e. The standard InChI is InChI=1S/C4H9N3S/c1-3-6-7-4(5)8-2/h3H,1-2H3,(H2,5,7). The second-order valence-corrected chi connectivity index (χ2v) is 1.84. The quantitative estimate of drug-likeness (QED) is 0.323. The van der Waals surface area contributed by atoms with Crippen LogP contribution < -0.4 is 5.73 Å². The van der Waals surface area contributed by atoms with Crippen molar-refractivity contribution in [2.24, 2.45) is 15.9 Å². The summed E-state index contributed by atoms with van der Waals surface area (Å²) in [6, 6.07) is 0. The molecule has 0 aromatic carbocycles. The van der Waals surface area contributed by atoms with Crippen LogP contribution in [0.2, 0.25) is 0 Å². The maximum absolute atomic E-state index is 5.26. The first-order valence-corrected chi connectivity index (χ1v) is 3.38. The lowest BCUT2D eigenvalue weighted by atomic mass is 10.9. The Bertz CT molecular complexity index is 108. The predicted octanol–water partition coefficient (Wildman–Crippen LogP) is 0.670. The van der Waals surface area contributed by atoms with Crippen LogP contribution in [0.1, 0.15) is 6.92 Å². The number of hydrogen-bond donors (Lipinski definition) is 1. The zero-order chi connectivity index (χ0) is 6.41. The highest BCUT2D eigenvalue weighted by atomic mass is 32.2. The molecule has 0 rings (SSSR count). The summed E-state index contributed by atoms with van der Waals surface area (Å²) in [5.74, 6) is 0. The summed E-state index contributed by atoms with van der Waals surface area (Å²) >= 11 is 1.38. The molecule has 0 unspecified atom stereocenters. The van der Waals surface area contributed by atoms with Crippen LogP contribution in [-0.4, -0.2) is 17.6 Å². The van der Waals surface area contributed by atoms with Gasteiger partial charge in [-0.2, -0.15) is 5.10 Å². The Morgan fingerprint density at radius 3 is 2.75 bits per heavy atom. The van der Waals surface area contributed by atoms with E-state index in [9.17, 15) is 0 Å². The van der Waals surface area contributed by atoms with Gasteiger partial charge in [0, 0.05) is 6.21 Å². The van der Waals surface area contributed by atoms with Gasteiger partial charge in [0.2, 0.25) is 0 Å². The lowest BCUT2D eigenvalue weighted by Gasteiger charge is -1.85. The minimum Gasteiger partial charge on any atom is -0.377 e. The molecule has 2 N–H and O–H groups in total. The third kappa shape index (κ3) is 3.67. The summed E-state index contributed by atoms with van der Waals surface area (Å²) in [6.07, 6.45) is 3.44. The number of thioether (sulfide) groups is 1. The van der Waals surface area contributed by atoms with Crippen LogP contribution in [0, 0.1) is 0 Å². The van der Waals surface area contributed by atoms with Crippen LogP contribution >= 0.6 is 11.8 Å². The van der Waals surface area contributed by atoms with E-state index in [-0.39, 0.29) is 0 Å². The highest BCUT2D eigenvalue weighted by Gasteiger charge is 1.79. The summed E-state index contributed by atoms with van der Waals surface area (Å²) in [6.45, 7) is 1.79. The Hall–Kier alpha value is -0.510. The Balaban J connectivity index is 3.57. The molecule has 0 aliphatic heterocycles. The molecule has 4 heteroatoms. The van der Waals surface area contributed by atoms with E-state index in [0.29, 0.717) is 5.17 Å². The first kappa shape index (κ1) is 7.49. The van der Waals surface area contributed by atoms with Crippen molar-refractivity contribution in [2.75, 3.05) is 6.26 Å². The van der Waals surface area contributed by atoms with Gasteiger partial charge in [-0.3, -0.25) is 0 Å². The molecule has 0 heterocycles. The van der Waals surface area contributed by atoms with E-state index in [2.05, 4.69) is 10.2 Å². The highest BCUT2D eigenvalue weighted by molar-refractivity contribution is 8.13. The molecule has 0 radical (unpaired) electrons. The van der Waals surface area contributed by atoms with E-state index in [1.54, 1.807) is 13.1 Å². The number of hydrogen-bond acceptors (Lipinski definition) is 3. The van der Waals surface area contributed by atoms with Crippen molar-refractivity contribution in [3.63, 3.8) is 0 Å². The molecule has 0 aliphatic carbocycles. The molecular weight excluding hydrogens is 122 g/mol. The van der Waals surface area contributed by atoms with Crippen LogP contribution in [0.3, 0.4) is 0 Å². The SMILES string of the molecule is CC=NN=C(N)SC. The topological polar surface area (TPSA) is 50.7 Å². The molecule has 0 amide bonds. The zero-order valence-corrected chi connectivity index (χ0v) is 5.77. The van der Waals surface area contributed by atoms with Crippen molar-refractivity contribution in [3.05, 3.63) is 0 Å². The van der Waals surface area contributed by atoms with Crippen LogP contribution in [0.15, 0.2) is 10.2 Å². The normalized spacial score (nSPS) is 13.0. The maximum Gasteiger partial charge on any atom is 0.180 e. The molecule has 0 fully saturated rings. The lowest BCUT2D eigenvalue weighted by Crippen LogP contribution is -2.03. The maximum atomic E-state index is 5.26. The molecule has 0 saturated carbocycles. The molecule has 0 bridgehead atoms. The second-order valence-electron chi connectivity index (χ2n) is 1.02. The fourth-order valence-corrected chi connectivity index (χ4v) is 0.284. The third-order valence-electron chi connectivity index (χ3n) is 0.481. The average molecular weight is 131 g/mol. The Morgan fingerprint density at radius 1 is 1.75 bits per heavy atom. The van der Waals surface area contributed by atoms with Crippen molar-refractivity contribution < 1.29 is 0 Å². The van der Waals surface area contributed by atoms with E-state index < -0.39 is 0 Å². The van der Waals surface area contributed by atoms with Gasteiger partial charge in [-0.15, -0.1) is 5.10 Å². The Kier molecular flexibility index (Phi) is 4.35. The predicted molar refractivity (Wildman–Crippen MR) is 39.3 cm³/mol. The summed E-state index contributed by atoms with van der Waals surface area (Å²) < 4.78 is 0. The molecule has 46 valence electrons. The highest BCUT2D eigenvalue weighted by Crippen LogP contribution is 1.89. The van der Waals surface area contributed by atoms with Crippen molar-refractivity contribution in [1.29, 1.82) is 0 Å². The largest absolute Gasteiger partial charge is 0.377 e. The first-order chi connectivity index (χ1) is 3.81. The molecule has 0 saturated heterocycles. The van der Waals surface area contributed by atoms with Gasteiger partial charge >= 0.3 is 0 Å². The molecule has 0 aromatic heterocycles.